The summed E-state index contributed by atoms with van der Waals surface area (Å²) < 4.78 is 10.7. The van der Waals surface area contributed by atoms with E-state index in [9.17, 15) is 4.79 Å². The molecule has 0 saturated heterocycles. The molecule has 0 saturated carbocycles. The van der Waals surface area contributed by atoms with Crippen LogP contribution in [0.1, 0.15) is 17.0 Å². The Balaban J connectivity index is 2.23. The first-order valence-corrected chi connectivity index (χ1v) is 6.31. The number of fused-ring (bicyclic) bond motifs is 1. The smallest absolute Gasteiger partial charge is 0.178 e. The van der Waals surface area contributed by atoms with E-state index in [1.807, 2.05) is 26.0 Å². The lowest BCUT2D eigenvalue weighted by molar-refractivity contribution is -0.112. The number of aliphatic imine (C=N–C) groups is 1. The Hall–Kier alpha value is -2.43. The SMILES string of the molecule is COc1cc2c(cc1-c1c(C)noc1C)N=CC(=O)C2. The predicted octanol–water partition coefficient (Wildman–Crippen LogP) is 2.79. The van der Waals surface area contributed by atoms with Crippen LogP contribution in [-0.4, -0.2) is 24.3 Å². The number of hydrogen-bond acceptors (Lipinski definition) is 5. The Morgan fingerprint density at radius 1 is 1.30 bits per heavy atom. The van der Waals surface area contributed by atoms with Crippen LogP contribution in [0.25, 0.3) is 11.1 Å². The molecular formula is C15H14N2O3. The third-order valence-corrected chi connectivity index (χ3v) is 3.42. The van der Waals surface area contributed by atoms with Crippen LogP contribution in [0.2, 0.25) is 0 Å². The summed E-state index contributed by atoms with van der Waals surface area (Å²) in [6, 6.07) is 3.79. The quantitative estimate of drug-likeness (QED) is 0.841. The molecule has 0 fully saturated rings. The standard InChI is InChI=1S/C15H14N2O3/c1-8-15(9(2)20-17-8)12-6-13-10(5-14(12)19-3)4-11(18)7-16-13/h5-7H,4H2,1-3H3. The summed E-state index contributed by atoms with van der Waals surface area (Å²) in [4.78, 5) is 15.6. The second-order valence-corrected chi connectivity index (χ2v) is 4.78. The molecule has 1 aromatic carbocycles. The van der Waals surface area contributed by atoms with Crippen molar-refractivity contribution in [2.75, 3.05) is 7.11 Å². The Labute approximate surface area is 116 Å². The van der Waals surface area contributed by atoms with Crippen LogP contribution in [0, 0.1) is 13.8 Å². The van der Waals surface area contributed by atoms with E-state index in [0.717, 1.165) is 33.8 Å². The summed E-state index contributed by atoms with van der Waals surface area (Å²) >= 11 is 0. The average Bonchev–Trinajstić information content (AvgIpc) is 2.76. The number of ether oxygens (including phenoxy) is 1. The van der Waals surface area contributed by atoms with Crippen LogP contribution in [0.3, 0.4) is 0 Å². The Kier molecular flexibility index (Phi) is 2.89. The van der Waals surface area contributed by atoms with Gasteiger partial charge in [-0.05, 0) is 31.5 Å². The summed E-state index contributed by atoms with van der Waals surface area (Å²) in [6.45, 7) is 3.75. The molecule has 0 atom stereocenters. The zero-order valence-electron chi connectivity index (χ0n) is 11.6. The van der Waals surface area contributed by atoms with Gasteiger partial charge in [-0.2, -0.15) is 0 Å². The summed E-state index contributed by atoms with van der Waals surface area (Å²) in [6.07, 6.45) is 1.73. The number of ketones is 1. The number of aromatic nitrogens is 1. The van der Waals surface area contributed by atoms with Crippen molar-refractivity contribution in [2.45, 2.75) is 20.3 Å². The second kappa shape index (κ2) is 4.59. The molecule has 1 aliphatic heterocycles. The predicted molar refractivity (Wildman–Crippen MR) is 74.8 cm³/mol. The highest BCUT2D eigenvalue weighted by molar-refractivity contribution is 6.29. The highest BCUT2D eigenvalue weighted by atomic mass is 16.5. The van der Waals surface area contributed by atoms with E-state index in [4.69, 9.17) is 9.26 Å². The molecule has 0 bridgehead atoms. The van der Waals surface area contributed by atoms with Gasteiger partial charge in [0.2, 0.25) is 0 Å². The van der Waals surface area contributed by atoms with E-state index in [1.165, 1.54) is 6.21 Å². The van der Waals surface area contributed by atoms with Crippen molar-refractivity contribution in [3.8, 4) is 16.9 Å². The lowest BCUT2D eigenvalue weighted by atomic mass is 9.96. The molecule has 2 heterocycles. The summed E-state index contributed by atoms with van der Waals surface area (Å²) in [7, 11) is 1.61. The first kappa shape index (κ1) is 12.6. The molecule has 0 amide bonds. The minimum absolute atomic E-state index is 0.00430. The van der Waals surface area contributed by atoms with Crippen molar-refractivity contribution >= 4 is 17.7 Å². The molecule has 102 valence electrons. The van der Waals surface area contributed by atoms with Crippen molar-refractivity contribution in [3.63, 3.8) is 0 Å². The largest absolute Gasteiger partial charge is 0.496 e. The molecule has 0 N–H and O–H groups in total. The number of Topliss-reactive ketones (excluding diaryl/α,β-unsaturated/α-hetero) is 1. The number of carbonyl (C=O) groups excluding carboxylic acids is 1. The van der Waals surface area contributed by atoms with Gasteiger partial charge in [-0.25, -0.2) is 0 Å². The molecule has 2 aromatic rings. The highest BCUT2D eigenvalue weighted by Crippen LogP contribution is 2.40. The maximum Gasteiger partial charge on any atom is 0.178 e. The number of methoxy groups -OCH3 is 1. The molecule has 0 spiro atoms. The second-order valence-electron chi connectivity index (χ2n) is 4.78. The first-order valence-electron chi connectivity index (χ1n) is 6.31. The van der Waals surface area contributed by atoms with Gasteiger partial charge >= 0.3 is 0 Å². The molecule has 5 heteroatoms. The van der Waals surface area contributed by atoms with Gasteiger partial charge < -0.3 is 9.26 Å². The topological polar surface area (TPSA) is 64.7 Å². The fraction of sp³-hybridized carbons (Fsp3) is 0.267. The fourth-order valence-electron chi connectivity index (χ4n) is 2.48. The van der Waals surface area contributed by atoms with Crippen molar-refractivity contribution in [1.29, 1.82) is 0 Å². The van der Waals surface area contributed by atoms with Crippen molar-refractivity contribution in [2.24, 2.45) is 4.99 Å². The molecule has 5 nitrogen and oxygen atoms in total. The van der Waals surface area contributed by atoms with Crippen molar-refractivity contribution in [3.05, 3.63) is 29.2 Å². The molecule has 3 rings (SSSR count). The number of benzene rings is 1. The number of hydrogen-bond donors (Lipinski definition) is 0. The van der Waals surface area contributed by atoms with Gasteiger partial charge in [0, 0.05) is 12.0 Å². The third-order valence-electron chi connectivity index (χ3n) is 3.42. The van der Waals surface area contributed by atoms with Crippen LogP contribution < -0.4 is 4.74 Å². The van der Waals surface area contributed by atoms with E-state index >= 15 is 0 Å². The number of nitrogens with zero attached hydrogens (tertiary/aromatic N) is 2. The summed E-state index contributed by atoms with van der Waals surface area (Å²) in [5.74, 6) is 1.43. The third kappa shape index (κ3) is 1.91. The van der Waals surface area contributed by atoms with Crippen LogP contribution in [0.15, 0.2) is 21.6 Å². The summed E-state index contributed by atoms with van der Waals surface area (Å²) in [5, 5.41) is 3.97. The van der Waals surface area contributed by atoms with Gasteiger partial charge in [-0.3, -0.25) is 9.79 Å². The maximum atomic E-state index is 11.4. The lowest BCUT2D eigenvalue weighted by Crippen LogP contribution is -2.08. The minimum atomic E-state index is 0.00430. The first-order chi connectivity index (χ1) is 9.60. The zero-order chi connectivity index (χ0) is 14.3. The molecule has 0 aliphatic carbocycles. The van der Waals surface area contributed by atoms with E-state index in [2.05, 4.69) is 10.1 Å². The van der Waals surface area contributed by atoms with Crippen molar-refractivity contribution < 1.29 is 14.1 Å². The van der Waals surface area contributed by atoms with Gasteiger partial charge in [0.05, 0.1) is 30.3 Å². The molecule has 20 heavy (non-hydrogen) atoms. The molecular weight excluding hydrogens is 256 g/mol. The number of aryl methyl sites for hydroxylation is 2. The maximum absolute atomic E-state index is 11.4. The highest BCUT2D eigenvalue weighted by Gasteiger charge is 2.20. The molecule has 0 radical (unpaired) electrons. The van der Waals surface area contributed by atoms with Gasteiger partial charge in [0.25, 0.3) is 0 Å². The summed E-state index contributed by atoms with van der Waals surface area (Å²) in [5.41, 5.74) is 4.27. The van der Waals surface area contributed by atoms with Crippen LogP contribution in [0.4, 0.5) is 5.69 Å². The van der Waals surface area contributed by atoms with Crippen LogP contribution in [0.5, 0.6) is 5.75 Å². The van der Waals surface area contributed by atoms with Gasteiger partial charge in [0.15, 0.2) is 5.78 Å². The number of carbonyl (C=O) groups is 1. The molecule has 1 aromatic heterocycles. The monoisotopic (exact) mass is 270 g/mol. The average molecular weight is 270 g/mol. The zero-order valence-corrected chi connectivity index (χ0v) is 11.6. The van der Waals surface area contributed by atoms with Gasteiger partial charge in [0.1, 0.15) is 11.5 Å². The van der Waals surface area contributed by atoms with Gasteiger partial charge in [-0.15, -0.1) is 0 Å². The van der Waals surface area contributed by atoms with Crippen LogP contribution in [-0.2, 0) is 11.2 Å². The van der Waals surface area contributed by atoms with E-state index in [-0.39, 0.29) is 5.78 Å². The lowest BCUT2D eigenvalue weighted by Gasteiger charge is -2.15. The van der Waals surface area contributed by atoms with E-state index < -0.39 is 0 Å². The Bertz CT molecular complexity index is 709. The Morgan fingerprint density at radius 2 is 2.10 bits per heavy atom. The van der Waals surface area contributed by atoms with Crippen molar-refractivity contribution in [1.82, 2.24) is 5.16 Å². The Morgan fingerprint density at radius 3 is 2.75 bits per heavy atom. The number of rotatable bonds is 2. The van der Waals surface area contributed by atoms with E-state index in [0.29, 0.717) is 12.2 Å². The van der Waals surface area contributed by atoms with Crippen LogP contribution >= 0.6 is 0 Å². The normalized spacial score (nSPS) is 13.4. The molecule has 0 unspecified atom stereocenters. The van der Waals surface area contributed by atoms with Gasteiger partial charge in [-0.1, -0.05) is 5.16 Å². The molecule has 1 aliphatic rings. The minimum Gasteiger partial charge on any atom is -0.496 e. The fourth-order valence-corrected chi connectivity index (χ4v) is 2.48. The van der Waals surface area contributed by atoms with E-state index in [1.54, 1.807) is 7.11 Å².